The van der Waals surface area contributed by atoms with Gasteiger partial charge < -0.3 is 4.90 Å². The van der Waals surface area contributed by atoms with Crippen molar-refractivity contribution in [3.05, 3.63) is 41.2 Å². The molecule has 6 heteroatoms. The molecule has 0 aliphatic heterocycles. The molecular weight excluding hydrogens is 238 g/mol. The summed E-state index contributed by atoms with van der Waals surface area (Å²) in [5.41, 5.74) is 1.09. The summed E-state index contributed by atoms with van der Waals surface area (Å²) >= 11 is 5.86. The van der Waals surface area contributed by atoms with Crippen molar-refractivity contribution in [2.45, 2.75) is 6.42 Å². The Morgan fingerprint density at radius 3 is 2.47 bits per heavy atom. The van der Waals surface area contributed by atoms with Gasteiger partial charge in [-0.3, -0.25) is 4.98 Å². The van der Waals surface area contributed by atoms with Gasteiger partial charge in [0, 0.05) is 32.9 Å². The van der Waals surface area contributed by atoms with E-state index < -0.39 is 0 Å². The van der Waals surface area contributed by atoms with Gasteiger partial charge in [0.1, 0.15) is 5.82 Å². The van der Waals surface area contributed by atoms with Gasteiger partial charge in [-0.25, -0.2) is 4.98 Å². The van der Waals surface area contributed by atoms with E-state index in [1.165, 1.54) is 0 Å². The van der Waals surface area contributed by atoms with Crippen molar-refractivity contribution in [3.8, 4) is 0 Å². The molecular formula is C11H12ClN5. The topological polar surface area (TPSA) is 54.8 Å². The predicted octanol–water partition coefficient (Wildman–Crippen LogP) is 1.58. The Kier molecular flexibility index (Phi) is 3.49. The lowest BCUT2D eigenvalue weighted by Crippen LogP contribution is -2.15. The first-order valence-corrected chi connectivity index (χ1v) is 5.49. The Morgan fingerprint density at radius 2 is 1.82 bits per heavy atom. The maximum absolute atomic E-state index is 5.86. The molecule has 0 bridgehead atoms. The normalized spacial score (nSPS) is 10.3. The van der Waals surface area contributed by atoms with E-state index in [-0.39, 0.29) is 5.28 Å². The lowest BCUT2D eigenvalue weighted by atomic mass is 10.2. The van der Waals surface area contributed by atoms with Crippen LogP contribution in [0.1, 0.15) is 11.4 Å². The van der Waals surface area contributed by atoms with Crippen LogP contribution in [0, 0.1) is 0 Å². The highest BCUT2D eigenvalue weighted by molar-refractivity contribution is 6.28. The van der Waals surface area contributed by atoms with Crippen molar-refractivity contribution < 1.29 is 0 Å². The standard InChI is InChI=1S/C11H12ClN5/c1-17(2)11-15-9(14-10(12)16-11)7-8-3-5-13-6-4-8/h3-6H,7H2,1-2H3. The number of aromatic nitrogens is 4. The molecule has 17 heavy (non-hydrogen) atoms. The molecule has 0 fully saturated rings. The fourth-order valence-electron chi connectivity index (χ4n) is 1.34. The largest absolute Gasteiger partial charge is 0.347 e. The Morgan fingerprint density at radius 1 is 1.12 bits per heavy atom. The lowest BCUT2D eigenvalue weighted by molar-refractivity contribution is 0.882. The maximum Gasteiger partial charge on any atom is 0.229 e. The number of halogens is 1. The molecule has 0 spiro atoms. The first-order chi connectivity index (χ1) is 8.15. The van der Waals surface area contributed by atoms with Crippen LogP contribution in [-0.2, 0) is 6.42 Å². The van der Waals surface area contributed by atoms with Crippen molar-refractivity contribution in [2.24, 2.45) is 0 Å². The summed E-state index contributed by atoms with van der Waals surface area (Å²) in [6.45, 7) is 0. The van der Waals surface area contributed by atoms with Crippen LogP contribution in [0.25, 0.3) is 0 Å². The summed E-state index contributed by atoms with van der Waals surface area (Å²) in [6.07, 6.45) is 4.10. The molecule has 0 aromatic carbocycles. The van der Waals surface area contributed by atoms with Gasteiger partial charge in [-0.15, -0.1) is 0 Å². The average molecular weight is 250 g/mol. The molecule has 2 aromatic rings. The van der Waals surface area contributed by atoms with E-state index in [9.17, 15) is 0 Å². The minimum Gasteiger partial charge on any atom is -0.347 e. The second-order valence-corrected chi connectivity index (χ2v) is 4.09. The summed E-state index contributed by atoms with van der Waals surface area (Å²) in [7, 11) is 3.73. The summed E-state index contributed by atoms with van der Waals surface area (Å²) in [5, 5.41) is 0.216. The van der Waals surface area contributed by atoms with Crippen LogP contribution in [0.15, 0.2) is 24.5 Å². The molecule has 0 saturated carbocycles. The number of hydrogen-bond acceptors (Lipinski definition) is 5. The zero-order chi connectivity index (χ0) is 12.3. The van der Waals surface area contributed by atoms with E-state index in [2.05, 4.69) is 19.9 Å². The summed E-state index contributed by atoms with van der Waals surface area (Å²) < 4.78 is 0. The molecule has 0 radical (unpaired) electrons. The van der Waals surface area contributed by atoms with E-state index in [0.29, 0.717) is 18.2 Å². The first-order valence-electron chi connectivity index (χ1n) is 5.12. The van der Waals surface area contributed by atoms with Gasteiger partial charge in [0.25, 0.3) is 0 Å². The summed E-state index contributed by atoms with van der Waals surface area (Å²) in [4.78, 5) is 18.2. The minimum atomic E-state index is 0.216. The van der Waals surface area contributed by atoms with Crippen molar-refractivity contribution >= 4 is 17.5 Å². The Bertz CT molecular complexity index is 500. The maximum atomic E-state index is 5.86. The highest BCUT2D eigenvalue weighted by atomic mass is 35.5. The van der Waals surface area contributed by atoms with Crippen molar-refractivity contribution in [1.29, 1.82) is 0 Å². The number of rotatable bonds is 3. The van der Waals surface area contributed by atoms with Crippen LogP contribution in [0.3, 0.4) is 0 Å². The number of pyridine rings is 1. The molecule has 0 atom stereocenters. The quantitative estimate of drug-likeness (QED) is 0.827. The van der Waals surface area contributed by atoms with Crippen LogP contribution >= 0.6 is 11.6 Å². The van der Waals surface area contributed by atoms with Crippen molar-refractivity contribution in [3.63, 3.8) is 0 Å². The van der Waals surface area contributed by atoms with Crippen LogP contribution in [0.4, 0.5) is 5.95 Å². The number of hydrogen-bond donors (Lipinski definition) is 0. The third-order valence-corrected chi connectivity index (χ3v) is 2.32. The second-order valence-electron chi connectivity index (χ2n) is 3.75. The molecule has 0 amide bonds. The SMILES string of the molecule is CN(C)c1nc(Cl)nc(Cc2ccncc2)n1. The van der Waals surface area contributed by atoms with E-state index in [1.54, 1.807) is 17.3 Å². The average Bonchev–Trinajstić information content (AvgIpc) is 2.29. The van der Waals surface area contributed by atoms with Gasteiger partial charge >= 0.3 is 0 Å². The number of nitrogens with zero attached hydrogens (tertiary/aromatic N) is 5. The van der Waals surface area contributed by atoms with Gasteiger partial charge in [-0.2, -0.15) is 9.97 Å². The van der Waals surface area contributed by atoms with Gasteiger partial charge in [0.2, 0.25) is 11.2 Å². The Hall–Kier alpha value is -1.75. The van der Waals surface area contributed by atoms with Gasteiger partial charge in [-0.05, 0) is 29.3 Å². The molecule has 0 N–H and O–H groups in total. The third-order valence-electron chi connectivity index (χ3n) is 2.15. The van der Waals surface area contributed by atoms with Gasteiger partial charge in [0.05, 0.1) is 0 Å². The molecule has 0 aliphatic rings. The van der Waals surface area contributed by atoms with Gasteiger partial charge in [-0.1, -0.05) is 0 Å². The molecule has 0 unspecified atom stereocenters. The van der Waals surface area contributed by atoms with E-state index in [1.807, 2.05) is 26.2 Å². The van der Waals surface area contributed by atoms with E-state index in [0.717, 1.165) is 5.56 Å². The smallest absolute Gasteiger partial charge is 0.229 e. The van der Waals surface area contributed by atoms with Crippen LogP contribution in [0.2, 0.25) is 5.28 Å². The van der Waals surface area contributed by atoms with Crippen molar-refractivity contribution in [1.82, 2.24) is 19.9 Å². The van der Waals surface area contributed by atoms with E-state index >= 15 is 0 Å². The van der Waals surface area contributed by atoms with Crippen LogP contribution < -0.4 is 4.90 Å². The summed E-state index contributed by atoms with van der Waals surface area (Å²) in [5.74, 6) is 1.22. The zero-order valence-corrected chi connectivity index (χ0v) is 10.4. The second kappa shape index (κ2) is 5.05. The predicted molar refractivity (Wildman–Crippen MR) is 66.2 cm³/mol. The number of anilines is 1. The minimum absolute atomic E-state index is 0.216. The Balaban J connectivity index is 2.27. The monoisotopic (exact) mass is 249 g/mol. The molecule has 5 nitrogen and oxygen atoms in total. The van der Waals surface area contributed by atoms with E-state index in [4.69, 9.17) is 11.6 Å². The molecule has 2 rings (SSSR count). The first kappa shape index (κ1) is 11.7. The molecule has 0 saturated heterocycles. The fraction of sp³-hybridized carbons (Fsp3) is 0.273. The molecule has 0 aliphatic carbocycles. The highest BCUT2D eigenvalue weighted by Crippen LogP contribution is 2.11. The lowest BCUT2D eigenvalue weighted by Gasteiger charge is -2.10. The van der Waals surface area contributed by atoms with Gasteiger partial charge in [0.15, 0.2) is 0 Å². The highest BCUT2D eigenvalue weighted by Gasteiger charge is 2.07. The molecule has 2 heterocycles. The Labute approximate surface area is 105 Å². The molecule has 2 aromatic heterocycles. The fourth-order valence-corrected chi connectivity index (χ4v) is 1.51. The van der Waals surface area contributed by atoms with Crippen LogP contribution in [0.5, 0.6) is 0 Å². The van der Waals surface area contributed by atoms with Crippen molar-refractivity contribution in [2.75, 3.05) is 19.0 Å². The third kappa shape index (κ3) is 3.10. The zero-order valence-electron chi connectivity index (χ0n) is 9.63. The van der Waals surface area contributed by atoms with Crippen LogP contribution in [-0.4, -0.2) is 34.0 Å². The molecule has 88 valence electrons. The summed E-state index contributed by atoms with van der Waals surface area (Å²) in [6, 6.07) is 3.85.